The first-order valence-electron chi connectivity index (χ1n) is 7.02. The van der Waals surface area contributed by atoms with Gasteiger partial charge in [-0.25, -0.2) is 4.98 Å². The first kappa shape index (κ1) is 13.3. The number of rotatable bonds is 2. The Hall–Kier alpha value is -1.69. The van der Waals surface area contributed by atoms with Gasteiger partial charge in [0.1, 0.15) is 6.04 Å². The van der Waals surface area contributed by atoms with Crippen LogP contribution in [0.5, 0.6) is 0 Å². The highest BCUT2D eigenvalue weighted by Gasteiger charge is 2.25. The minimum Gasteiger partial charge on any atom is -0.341 e. The fraction of sp³-hybridized carbons (Fsp3) is 0.500. The number of aromatic amines is 1. The lowest BCUT2D eigenvalue weighted by Gasteiger charge is -2.29. The van der Waals surface area contributed by atoms with Crippen molar-refractivity contribution in [2.75, 3.05) is 13.1 Å². The summed E-state index contributed by atoms with van der Waals surface area (Å²) in [6.07, 6.45) is 5.12. The number of H-pyrrole nitrogens is 1. The highest BCUT2D eigenvalue weighted by atomic mass is 32.1. The average molecular weight is 290 g/mol. The van der Waals surface area contributed by atoms with Gasteiger partial charge in [-0.05, 0) is 50.5 Å². The first-order chi connectivity index (χ1) is 9.68. The number of likely N-dealkylation sites (tertiary alicyclic amines) is 1. The maximum absolute atomic E-state index is 12.6. The van der Waals surface area contributed by atoms with Crippen LogP contribution in [0.2, 0.25) is 0 Å². The molecular weight excluding hydrogens is 272 g/mol. The summed E-state index contributed by atoms with van der Waals surface area (Å²) in [5, 5.41) is 0. The summed E-state index contributed by atoms with van der Waals surface area (Å²) in [6, 6.07) is 3.46. The standard InChI is InChI=1S/C14H18N4OS/c1-10(13(19)17-8-3-2-4-9-17)18-12-11(16-14(18)20)6-5-7-15-12/h5-7,10H,2-4,8-9H2,1H3,(H,16,20). The van der Waals surface area contributed by atoms with Crippen LogP contribution in [0.4, 0.5) is 0 Å². The number of carbonyl (C=O) groups excluding carboxylic acids is 1. The summed E-state index contributed by atoms with van der Waals surface area (Å²) >= 11 is 5.35. The molecular formula is C14H18N4OS. The van der Waals surface area contributed by atoms with Crippen LogP contribution < -0.4 is 0 Å². The normalized spacial score (nSPS) is 17.4. The molecule has 1 saturated heterocycles. The zero-order valence-electron chi connectivity index (χ0n) is 11.5. The lowest BCUT2D eigenvalue weighted by Crippen LogP contribution is -2.39. The molecule has 1 unspecified atom stereocenters. The van der Waals surface area contributed by atoms with E-state index >= 15 is 0 Å². The van der Waals surface area contributed by atoms with Crippen LogP contribution >= 0.6 is 12.2 Å². The molecule has 0 aromatic carbocycles. The molecule has 1 fully saturated rings. The minimum atomic E-state index is -0.316. The molecule has 3 heterocycles. The molecule has 0 aliphatic carbocycles. The number of hydrogen-bond donors (Lipinski definition) is 1. The second kappa shape index (κ2) is 5.36. The van der Waals surface area contributed by atoms with E-state index in [0.717, 1.165) is 37.1 Å². The molecule has 2 aromatic rings. The van der Waals surface area contributed by atoms with Gasteiger partial charge < -0.3 is 9.88 Å². The Morgan fingerprint density at radius 3 is 2.90 bits per heavy atom. The zero-order valence-corrected chi connectivity index (χ0v) is 12.3. The van der Waals surface area contributed by atoms with E-state index < -0.39 is 0 Å². The third-order valence-corrected chi connectivity index (χ3v) is 4.19. The quantitative estimate of drug-likeness (QED) is 0.865. The van der Waals surface area contributed by atoms with Gasteiger partial charge in [0, 0.05) is 19.3 Å². The van der Waals surface area contributed by atoms with E-state index in [9.17, 15) is 4.79 Å². The highest BCUT2D eigenvalue weighted by Crippen LogP contribution is 2.20. The Kier molecular flexibility index (Phi) is 3.56. The van der Waals surface area contributed by atoms with Crippen molar-refractivity contribution in [3.05, 3.63) is 23.1 Å². The summed E-state index contributed by atoms with van der Waals surface area (Å²) < 4.78 is 2.37. The van der Waals surface area contributed by atoms with Gasteiger partial charge >= 0.3 is 0 Å². The van der Waals surface area contributed by atoms with Crippen molar-refractivity contribution in [1.29, 1.82) is 0 Å². The molecule has 3 rings (SSSR count). The fourth-order valence-electron chi connectivity index (χ4n) is 2.81. The van der Waals surface area contributed by atoms with E-state index in [4.69, 9.17) is 12.2 Å². The predicted molar refractivity (Wildman–Crippen MR) is 80.1 cm³/mol. The van der Waals surface area contributed by atoms with Crippen LogP contribution in [0.15, 0.2) is 18.3 Å². The highest BCUT2D eigenvalue weighted by molar-refractivity contribution is 7.71. The number of piperidine rings is 1. The van der Waals surface area contributed by atoms with E-state index in [1.165, 1.54) is 6.42 Å². The molecule has 1 aliphatic heterocycles. The monoisotopic (exact) mass is 290 g/mol. The van der Waals surface area contributed by atoms with Crippen LogP contribution in [0, 0.1) is 4.77 Å². The molecule has 0 spiro atoms. The van der Waals surface area contributed by atoms with Crippen LogP contribution in [0.3, 0.4) is 0 Å². The van der Waals surface area contributed by atoms with E-state index in [2.05, 4.69) is 9.97 Å². The summed E-state index contributed by atoms with van der Waals surface area (Å²) in [5.41, 5.74) is 1.62. The Balaban J connectivity index is 1.95. The molecule has 5 nitrogen and oxygen atoms in total. The van der Waals surface area contributed by atoms with Gasteiger partial charge in [0.05, 0.1) is 5.52 Å². The van der Waals surface area contributed by atoms with Gasteiger partial charge in [-0.3, -0.25) is 9.36 Å². The molecule has 1 N–H and O–H groups in total. The first-order valence-corrected chi connectivity index (χ1v) is 7.43. The second-order valence-electron chi connectivity index (χ2n) is 5.24. The number of fused-ring (bicyclic) bond motifs is 1. The molecule has 1 atom stereocenters. The van der Waals surface area contributed by atoms with Crippen LogP contribution in [0.1, 0.15) is 32.2 Å². The largest absolute Gasteiger partial charge is 0.341 e. The molecule has 0 saturated carbocycles. The Morgan fingerprint density at radius 2 is 2.15 bits per heavy atom. The van der Waals surface area contributed by atoms with Crippen LogP contribution in [0.25, 0.3) is 11.2 Å². The van der Waals surface area contributed by atoms with E-state index in [1.807, 2.05) is 28.5 Å². The van der Waals surface area contributed by atoms with Crippen molar-refractivity contribution in [2.24, 2.45) is 0 Å². The predicted octanol–water partition coefficient (Wildman–Crippen LogP) is 2.67. The molecule has 106 valence electrons. The molecule has 6 heteroatoms. The third kappa shape index (κ3) is 2.24. The number of pyridine rings is 1. The van der Waals surface area contributed by atoms with Gasteiger partial charge in [0.15, 0.2) is 10.4 Å². The van der Waals surface area contributed by atoms with Crippen molar-refractivity contribution in [2.45, 2.75) is 32.2 Å². The smallest absolute Gasteiger partial charge is 0.245 e. The lowest BCUT2D eigenvalue weighted by molar-refractivity contribution is -0.135. The van der Waals surface area contributed by atoms with Gasteiger partial charge in [0.25, 0.3) is 0 Å². The van der Waals surface area contributed by atoms with Crippen molar-refractivity contribution < 1.29 is 4.79 Å². The van der Waals surface area contributed by atoms with Crippen molar-refractivity contribution in [1.82, 2.24) is 19.4 Å². The van der Waals surface area contributed by atoms with Crippen LogP contribution in [-0.2, 0) is 4.79 Å². The molecule has 1 aliphatic rings. The van der Waals surface area contributed by atoms with Crippen molar-refractivity contribution in [3.63, 3.8) is 0 Å². The molecule has 0 radical (unpaired) electrons. The summed E-state index contributed by atoms with van der Waals surface area (Å²) in [7, 11) is 0. The SMILES string of the molecule is CC(C(=O)N1CCCCC1)n1c(=S)[nH]c2cccnc21. The van der Waals surface area contributed by atoms with Gasteiger partial charge in [0.2, 0.25) is 5.91 Å². The van der Waals surface area contributed by atoms with E-state index in [0.29, 0.717) is 4.77 Å². The summed E-state index contributed by atoms with van der Waals surface area (Å²) in [6.45, 7) is 3.60. The summed E-state index contributed by atoms with van der Waals surface area (Å²) in [5.74, 6) is 0.132. The maximum Gasteiger partial charge on any atom is 0.245 e. The summed E-state index contributed by atoms with van der Waals surface area (Å²) in [4.78, 5) is 22.0. The number of nitrogens with zero attached hydrogens (tertiary/aromatic N) is 3. The van der Waals surface area contributed by atoms with E-state index in [-0.39, 0.29) is 11.9 Å². The molecule has 1 amide bonds. The van der Waals surface area contributed by atoms with Gasteiger partial charge in [-0.15, -0.1) is 0 Å². The number of carbonyl (C=O) groups is 1. The molecule has 20 heavy (non-hydrogen) atoms. The van der Waals surface area contributed by atoms with Crippen molar-refractivity contribution in [3.8, 4) is 0 Å². The Morgan fingerprint density at radius 1 is 1.40 bits per heavy atom. The molecule has 2 aromatic heterocycles. The minimum absolute atomic E-state index is 0.132. The topological polar surface area (TPSA) is 53.9 Å². The van der Waals surface area contributed by atoms with Gasteiger partial charge in [-0.1, -0.05) is 0 Å². The number of nitrogens with one attached hydrogen (secondary N) is 1. The molecule has 0 bridgehead atoms. The van der Waals surface area contributed by atoms with Crippen molar-refractivity contribution >= 4 is 29.3 Å². The zero-order chi connectivity index (χ0) is 14.1. The number of amides is 1. The van der Waals surface area contributed by atoms with Gasteiger partial charge in [-0.2, -0.15) is 0 Å². The maximum atomic E-state index is 12.6. The number of aromatic nitrogens is 3. The number of imidazole rings is 1. The Bertz CT molecular complexity index is 684. The average Bonchev–Trinajstić information content (AvgIpc) is 2.82. The third-order valence-electron chi connectivity index (χ3n) is 3.89. The lowest BCUT2D eigenvalue weighted by atomic mass is 10.1. The van der Waals surface area contributed by atoms with Crippen LogP contribution in [-0.4, -0.2) is 38.4 Å². The second-order valence-corrected chi connectivity index (χ2v) is 5.62. The fourth-order valence-corrected chi connectivity index (χ4v) is 3.16. The number of hydrogen-bond acceptors (Lipinski definition) is 3. The van der Waals surface area contributed by atoms with E-state index in [1.54, 1.807) is 6.20 Å². The Labute approximate surface area is 122 Å².